The minimum atomic E-state index is -0.789. The second-order valence-electron chi connectivity index (χ2n) is 16.7. The SMILES string of the molecule is CCCCC/C=C\C/C=C\CCCCCCCC(=O)OCC(COC(=O)CCCCCCC/C=C\CCCCC)OC(=O)CCCCCCC/C=C\C/C=C\CCCCC. The van der Waals surface area contributed by atoms with Gasteiger partial charge in [-0.2, -0.15) is 0 Å². The average Bonchev–Trinajstić information content (AvgIpc) is 3.24. The largest absolute Gasteiger partial charge is 0.462 e. The molecule has 0 rings (SSSR count). The average molecular weight is 839 g/mol. The molecule has 346 valence electrons. The molecule has 6 nitrogen and oxygen atoms in total. The van der Waals surface area contributed by atoms with E-state index in [0.29, 0.717) is 19.3 Å². The molecule has 0 aromatic heterocycles. The number of rotatable bonds is 45. The van der Waals surface area contributed by atoms with E-state index in [-0.39, 0.29) is 31.1 Å². The highest BCUT2D eigenvalue weighted by molar-refractivity contribution is 5.71. The van der Waals surface area contributed by atoms with Crippen LogP contribution < -0.4 is 0 Å². The van der Waals surface area contributed by atoms with Gasteiger partial charge in [0.05, 0.1) is 0 Å². The lowest BCUT2D eigenvalue weighted by Crippen LogP contribution is -2.30. The molecule has 0 radical (unpaired) electrons. The van der Waals surface area contributed by atoms with E-state index < -0.39 is 6.10 Å². The molecule has 0 aromatic rings. The van der Waals surface area contributed by atoms with E-state index in [9.17, 15) is 14.4 Å². The quantitative estimate of drug-likeness (QED) is 0.0263. The molecular weight excluding hydrogens is 745 g/mol. The van der Waals surface area contributed by atoms with Crippen LogP contribution in [0.2, 0.25) is 0 Å². The molecule has 0 amide bonds. The van der Waals surface area contributed by atoms with E-state index >= 15 is 0 Å². The lowest BCUT2D eigenvalue weighted by Gasteiger charge is -2.18. The summed E-state index contributed by atoms with van der Waals surface area (Å²) in [6.07, 6.45) is 59.1. The van der Waals surface area contributed by atoms with Crippen LogP contribution in [0.15, 0.2) is 60.8 Å². The maximum Gasteiger partial charge on any atom is 0.306 e. The van der Waals surface area contributed by atoms with Gasteiger partial charge in [0.1, 0.15) is 13.2 Å². The van der Waals surface area contributed by atoms with Gasteiger partial charge in [-0.25, -0.2) is 0 Å². The fraction of sp³-hybridized carbons (Fsp3) is 0.759. The smallest absolute Gasteiger partial charge is 0.306 e. The first-order chi connectivity index (χ1) is 29.5. The zero-order valence-corrected chi connectivity index (χ0v) is 39.5. The maximum atomic E-state index is 12.8. The summed E-state index contributed by atoms with van der Waals surface area (Å²) in [7, 11) is 0. The second-order valence-corrected chi connectivity index (χ2v) is 16.7. The summed E-state index contributed by atoms with van der Waals surface area (Å²) in [6.45, 7) is 6.53. The van der Waals surface area contributed by atoms with Crippen molar-refractivity contribution in [1.82, 2.24) is 0 Å². The molecule has 60 heavy (non-hydrogen) atoms. The summed E-state index contributed by atoms with van der Waals surface area (Å²) in [5, 5.41) is 0. The number of hydrogen-bond donors (Lipinski definition) is 0. The van der Waals surface area contributed by atoms with Crippen LogP contribution in [0.5, 0.6) is 0 Å². The summed E-state index contributed by atoms with van der Waals surface area (Å²) >= 11 is 0. The number of allylic oxidation sites excluding steroid dienone is 10. The van der Waals surface area contributed by atoms with E-state index in [2.05, 4.69) is 81.5 Å². The normalized spacial score (nSPS) is 12.5. The van der Waals surface area contributed by atoms with Crippen molar-refractivity contribution in [1.29, 1.82) is 0 Å². The maximum absolute atomic E-state index is 12.8. The van der Waals surface area contributed by atoms with Crippen LogP contribution in [0.25, 0.3) is 0 Å². The predicted octanol–water partition coefficient (Wildman–Crippen LogP) is 16.5. The van der Waals surface area contributed by atoms with Gasteiger partial charge < -0.3 is 14.2 Å². The third-order valence-electron chi connectivity index (χ3n) is 10.7. The predicted molar refractivity (Wildman–Crippen MR) is 256 cm³/mol. The fourth-order valence-electron chi connectivity index (χ4n) is 6.85. The molecule has 0 spiro atoms. The van der Waals surface area contributed by atoms with Crippen LogP contribution in [0.4, 0.5) is 0 Å². The first kappa shape index (κ1) is 57.1. The van der Waals surface area contributed by atoms with Crippen LogP contribution in [-0.2, 0) is 28.6 Å². The second kappa shape index (κ2) is 48.8. The van der Waals surface area contributed by atoms with Gasteiger partial charge in [-0.3, -0.25) is 14.4 Å². The zero-order valence-electron chi connectivity index (χ0n) is 39.5. The van der Waals surface area contributed by atoms with E-state index in [1.165, 1.54) is 96.3 Å². The van der Waals surface area contributed by atoms with Crippen molar-refractivity contribution in [2.24, 2.45) is 0 Å². The molecule has 0 N–H and O–H groups in total. The minimum Gasteiger partial charge on any atom is -0.462 e. The van der Waals surface area contributed by atoms with Crippen molar-refractivity contribution >= 4 is 17.9 Å². The Balaban J connectivity index is 4.44. The molecule has 0 bridgehead atoms. The van der Waals surface area contributed by atoms with Gasteiger partial charge in [-0.1, -0.05) is 178 Å². The van der Waals surface area contributed by atoms with E-state index in [4.69, 9.17) is 14.2 Å². The molecule has 6 heteroatoms. The van der Waals surface area contributed by atoms with E-state index in [1.807, 2.05) is 0 Å². The molecule has 0 aliphatic rings. The standard InChI is InChI=1S/C54H94O6/c1-4-7-10-13-16-19-22-25-27-29-32-35-38-41-44-47-53(56)59-50-51(49-58-52(55)46-43-40-37-34-31-24-21-18-15-12-9-6-3)60-54(57)48-45-42-39-36-33-30-28-26-23-20-17-14-11-8-5-2/h16-21,25-28,51H,4-15,22-24,29-50H2,1-3H3/b19-16-,20-17-,21-18-,27-25-,28-26-. The summed E-state index contributed by atoms with van der Waals surface area (Å²) in [5.41, 5.74) is 0. The lowest BCUT2D eigenvalue weighted by molar-refractivity contribution is -0.167. The molecule has 1 atom stereocenters. The Labute approximate surface area is 370 Å². The third-order valence-corrected chi connectivity index (χ3v) is 10.7. The molecular formula is C54H94O6. The fourth-order valence-corrected chi connectivity index (χ4v) is 6.85. The van der Waals surface area contributed by atoms with Crippen LogP contribution in [0.1, 0.15) is 245 Å². The van der Waals surface area contributed by atoms with Crippen LogP contribution in [0, 0.1) is 0 Å². The number of carbonyl (C=O) groups is 3. The van der Waals surface area contributed by atoms with Crippen molar-refractivity contribution in [3.05, 3.63) is 60.8 Å². The number of carbonyl (C=O) groups excluding carboxylic acids is 3. The Morgan fingerprint density at radius 2 is 0.600 bits per heavy atom. The van der Waals surface area contributed by atoms with Gasteiger partial charge in [-0.15, -0.1) is 0 Å². The van der Waals surface area contributed by atoms with Crippen LogP contribution >= 0.6 is 0 Å². The third kappa shape index (κ3) is 46.2. The topological polar surface area (TPSA) is 78.9 Å². The Hall–Kier alpha value is -2.89. The van der Waals surface area contributed by atoms with Gasteiger partial charge in [0.25, 0.3) is 0 Å². The summed E-state index contributed by atoms with van der Waals surface area (Å²) < 4.78 is 16.7. The Morgan fingerprint density at radius 3 is 0.933 bits per heavy atom. The first-order valence-corrected chi connectivity index (χ1v) is 25.3. The molecule has 1 unspecified atom stereocenters. The highest BCUT2D eigenvalue weighted by atomic mass is 16.6. The Morgan fingerprint density at radius 1 is 0.333 bits per heavy atom. The molecule has 0 heterocycles. The van der Waals surface area contributed by atoms with Crippen LogP contribution in [0.3, 0.4) is 0 Å². The Bertz CT molecular complexity index is 1100. The first-order valence-electron chi connectivity index (χ1n) is 25.3. The monoisotopic (exact) mass is 839 g/mol. The summed E-state index contributed by atoms with van der Waals surface area (Å²) in [4.78, 5) is 37.9. The van der Waals surface area contributed by atoms with E-state index in [0.717, 1.165) is 109 Å². The summed E-state index contributed by atoms with van der Waals surface area (Å²) in [6, 6.07) is 0. The number of esters is 3. The minimum absolute atomic E-state index is 0.0890. The van der Waals surface area contributed by atoms with E-state index in [1.54, 1.807) is 0 Å². The molecule has 0 aliphatic heterocycles. The van der Waals surface area contributed by atoms with Crippen molar-refractivity contribution in [2.45, 2.75) is 252 Å². The van der Waals surface area contributed by atoms with Gasteiger partial charge in [0.2, 0.25) is 0 Å². The molecule has 0 saturated heterocycles. The van der Waals surface area contributed by atoms with Gasteiger partial charge in [0, 0.05) is 19.3 Å². The molecule has 0 fully saturated rings. The highest BCUT2D eigenvalue weighted by Gasteiger charge is 2.19. The van der Waals surface area contributed by atoms with Crippen molar-refractivity contribution < 1.29 is 28.6 Å². The zero-order chi connectivity index (χ0) is 43.7. The van der Waals surface area contributed by atoms with Gasteiger partial charge >= 0.3 is 17.9 Å². The van der Waals surface area contributed by atoms with Crippen LogP contribution in [-0.4, -0.2) is 37.2 Å². The number of hydrogen-bond acceptors (Lipinski definition) is 6. The number of unbranched alkanes of at least 4 members (excludes halogenated alkanes) is 24. The highest BCUT2D eigenvalue weighted by Crippen LogP contribution is 2.13. The Kier molecular flexibility index (Phi) is 46.4. The lowest BCUT2D eigenvalue weighted by atomic mass is 10.1. The number of ether oxygens (including phenoxy) is 3. The van der Waals surface area contributed by atoms with Gasteiger partial charge in [0.15, 0.2) is 6.10 Å². The van der Waals surface area contributed by atoms with Crippen molar-refractivity contribution in [2.75, 3.05) is 13.2 Å². The van der Waals surface area contributed by atoms with Gasteiger partial charge in [-0.05, 0) is 109 Å². The molecule has 0 aromatic carbocycles. The molecule has 0 aliphatic carbocycles. The van der Waals surface area contributed by atoms with Crippen molar-refractivity contribution in [3.8, 4) is 0 Å². The summed E-state index contributed by atoms with van der Waals surface area (Å²) in [5.74, 6) is -0.924. The molecule has 0 saturated carbocycles. The van der Waals surface area contributed by atoms with Crippen molar-refractivity contribution in [3.63, 3.8) is 0 Å².